The molecule has 0 aliphatic heterocycles. The van der Waals surface area contributed by atoms with E-state index in [0.717, 1.165) is 10.8 Å². The fraction of sp³-hybridized carbons (Fsp3) is 0.375. The number of halogens is 5. The predicted octanol–water partition coefficient (Wildman–Crippen LogP) is 3.66. The molecule has 0 spiro atoms. The molecule has 2 heterocycles. The number of carbonyl (C=O) groups excluding carboxylic acids is 1. The van der Waals surface area contributed by atoms with Crippen molar-refractivity contribution in [2.75, 3.05) is 5.32 Å². The summed E-state index contributed by atoms with van der Waals surface area (Å²) in [5.74, 6) is -0.766. The lowest BCUT2D eigenvalue weighted by molar-refractivity contribution is -0.160. The summed E-state index contributed by atoms with van der Waals surface area (Å²) in [6, 6.07) is 2.91. The minimum absolute atomic E-state index is 0.132. The third-order valence-corrected chi connectivity index (χ3v) is 6.63. The van der Waals surface area contributed by atoms with Crippen molar-refractivity contribution in [2.24, 2.45) is 7.05 Å². The quantitative estimate of drug-likeness (QED) is 0.652. The minimum Gasteiger partial charge on any atom is -0.344 e. The van der Waals surface area contributed by atoms with Gasteiger partial charge in [0.25, 0.3) is 5.91 Å². The molecule has 1 fully saturated rings. The fourth-order valence-corrected chi connectivity index (χ4v) is 5.18. The number of aryl methyl sites for hydroxylation is 2. The highest BCUT2D eigenvalue weighted by Crippen LogP contribution is 2.50. The second-order valence-corrected chi connectivity index (χ2v) is 9.14. The van der Waals surface area contributed by atoms with Gasteiger partial charge in [0.2, 0.25) is 10.0 Å². The number of hydrogen-bond donors (Lipinski definition) is 2. The summed E-state index contributed by atoms with van der Waals surface area (Å²) >= 11 is 11.9. The molecule has 1 aliphatic rings. The maximum Gasteiger partial charge on any atom is 0.407 e. The molecule has 1 amide bonds. The second kappa shape index (κ2) is 7.15. The number of anilines is 1. The number of nitrogens with one attached hydrogen (secondary N) is 2. The van der Waals surface area contributed by atoms with E-state index in [2.05, 4.69) is 10.3 Å². The highest BCUT2D eigenvalue weighted by atomic mass is 35.5. The van der Waals surface area contributed by atoms with Gasteiger partial charge in [0, 0.05) is 24.6 Å². The van der Waals surface area contributed by atoms with Gasteiger partial charge >= 0.3 is 6.18 Å². The van der Waals surface area contributed by atoms with Crippen LogP contribution in [0.1, 0.15) is 29.0 Å². The van der Waals surface area contributed by atoms with Crippen LogP contribution in [-0.2, 0) is 17.1 Å². The monoisotopic (exact) mass is 470 g/mol. The SMILES string of the molecule is Cc1cc(NC(=O)c2c(Cl)c(S(=O)(=O)NC3(C(F)(F)F)CC3)cn2C)cc(Cl)n1. The molecule has 29 heavy (non-hydrogen) atoms. The largest absolute Gasteiger partial charge is 0.407 e. The Morgan fingerprint density at radius 2 is 1.90 bits per heavy atom. The van der Waals surface area contributed by atoms with Gasteiger partial charge in [-0.05, 0) is 31.9 Å². The summed E-state index contributed by atoms with van der Waals surface area (Å²) in [4.78, 5) is 15.9. The zero-order valence-corrected chi connectivity index (χ0v) is 17.4. The van der Waals surface area contributed by atoms with E-state index in [1.807, 2.05) is 0 Å². The van der Waals surface area contributed by atoms with Crippen molar-refractivity contribution in [1.82, 2.24) is 14.3 Å². The molecule has 1 aliphatic carbocycles. The molecule has 2 aromatic heterocycles. The average Bonchev–Trinajstić information content (AvgIpc) is 3.24. The van der Waals surface area contributed by atoms with Gasteiger partial charge in [-0.2, -0.15) is 17.9 Å². The Labute approximate surface area is 174 Å². The minimum atomic E-state index is -4.74. The molecule has 0 aromatic carbocycles. The van der Waals surface area contributed by atoms with Crippen LogP contribution in [0.25, 0.3) is 0 Å². The van der Waals surface area contributed by atoms with Crippen LogP contribution < -0.4 is 10.0 Å². The number of hydrogen-bond acceptors (Lipinski definition) is 4. The van der Waals surface area contributed by atoms with Crippen molar-refractivity contribution in [3.8, 4) is 0 Å². The maximum atomic E-state index is 13.1. The third kappa shape index (κ3) is 4.23. The van der Waals surface area contributed by atoms with Gasteiger partial charge in [-0.25, -0.2) is 13.4 Å². The zero-order chi connectivity index (χ0) is 21.8. The number of carbonyl (C=O) groups is 1. The average molecular weight is 471 g/mol. The normalized spacial score (nSPS) is 16.0. The summed E-state index contributed by atoms with van der Waals surface area (Å²) < 4.78 is 67.2. The Kier molecular flexibility index (Phi) is 5.39. The Morgan fingerprint density at radius 3 is 2.41 bits per heavy atom. The van der Waals surface area contributed by atoms with Crippen molar-refractivity contribution in [3.63, 3.8) is 0 Å². The number of nitrogens with zero attached hydrogens (tertiary/aromatic N) is 2. The molecular formula is C16H15Cl2F3N4O3S. The molecule has 0 bridgehead atoms. The molecule has 7 nitrogen and oxygen atoms in total. The van der Waals surface area contributed by atoms with Crippen LogP contribution in [0.3, 0.4) is 0 Å². The lowest BCUT2D eigenvalue weighted by Crippen LogP contribution is -2.47. The number of aromatic nitrogens is 2. The molecule has 0 unspecified atom stereocenters. The van der Waals surface area contributed by atoms with Gasteiger partial charge in [-0.3, -0.25) is 4.79 Å². The zero-order valence-electron chi connectivity index (χ0n) is 15.1. The van der Waals surface area contributed by atoms with E-state index in [4.69, 9.17) is 23.2 Å². The predicted molar refractivity (Wildman–Crippen MR) is 101 cm³/mol. The lowest BCUT2D eigenvalue weighted by Gasteiger charge is -2.20. The standard InChI is InChI=1S/C16H15Cl2F3N4O3S/c1-8-5-9(6-11(17)22-8)23-14(26)13-12(18)10(7-25(13)2)29(27,28)24-15(3-4-15)16(19,20)21/h5-7,24H,3-4H2,1-2H3,(H,22,23,26). The Balaban J connectivity index is 1.91. The highest BCUT2D eigenvalue weighted by molar-refractivity contribution is 7.89. The summed E-state index contributed by atoms with van der Waals surface area (Å²) in [5.41, 5.74) is -1.92. The molecule has 13 heteroatoms. The molecule has 3 rings (SSSR count). The highest BCUT2D eigenvalue weighted by Gasteiger charge is 2.65. The second-order valence-electron chi connectivity index (χ2n) is 6.73. The number of rotatable bonds is 5. The van der Waals surface area contributed by atoms with Crippen LogP contribution in [-0.4, -0.2) is 35.6 Å². The molecule has 158 valence electrons. The van der Waals surface area contributed by atoms with Crippen molar-refractivity contribution >= 4 is 44.8 Å². The van der Waals surface area contributed by atoms with E-state index in [9.17, 15) is 26.4 Å². The molecule has 2 aromatic rings. The van der Waals surface area contributed by atoms with Gasteiger partial charge in [0.05, 0.1) is 5.02 Å². The summed E-state index contributed by atoms with van der Waals surface area (Å²) in [6.45, 7) is 1.65. The first-order valence-electron chi connectivity index (χ1n) is 8.17. The van der Waals surface area contributed by atoms with E-state index in [1.54, 1.807) is 11.6 Å². The molecule has 0 radical (unpaired) electrons. The number of alkyl halides is 3. The molecule has 0 atom stereocenters. The van der Waals surface area contributed by atoms with Crippen LogP contribution in [0.4, 0.5) is 18.9 Å². The van der Waals surface area contributed by atoms with Crippen LogP contribution in [0.5, 0.6) is 0 Å². The topological polar surface area (TPSA) is 93.1 Å². The summed E-state index contributed by atoms with van der Waals surface area (Å²) in [7, 11) is -3.28. The molecule has 1 saturated carbocycles. The first kappa shape index (κ1) is 21.9. The van der Waals surface area contributed by atoms with Gasteiger partial charge in [-0.1, -0.05) is 23.2 Å². The van der Waals surface area contributed by atoms with Crippen molar-refractivity contribution in [3.05, 3.63) is 39.9 Å². The van der Waals surface area contributed by atoms with Gasteiger partial charge in [0.1, 0.15) is 21.3 Å². The first-order valence-corrected chi connectivity index (χ1v) is 10.4. The van der Waals surface area contributed by atoms with Gasteiger partial charge in [0.15, 0.2) is 0 Å². The fourth-order valence-electron chi connectivity index (χ4n) is 2.79. The molecule has 0 saturated heterocycles. The van der Waals surface area contributed by atoms with Crippen LogP contribution in [0.15, 0.2) is 23.2 Å². The Hall–Kier alpha value is -1.82. The number of pyridine rings is 1. The van der Waals surface area contributed by atoms with Crippen molar-refractivity contribution in [1.29, 1.82) is 0 Å². The maximum absolute atomic E-state index is 13.1. The lowest BCUT2D eigenvalue weighted by atomic mass is 10.3. The first-order chi connectivity index (χ1) is 13.3. The Morgan fingerprint density at radius 1 is 1.28 bits per heavy atom. The summed E-state index contributed by atoms with van der Waals surface area (Å²) in [6.07, 6.45) is -4.48. The van der Waals surface area contributed by atoms with E-state index < -0.39 is 37.6 Å². The number of amides is 1. The summed E-state index contributed by atoms with van der Waals surface area (Å²) in [5, 5.41) is 2.15. The number of sulfonamides is 1. The van der Waals surface area contributed by atoms with Gasteiger partial charge < -0.3 is 9.88 Å². The van der Waals surface area contributed by atoms with E-state index in [-0.39, 0.29) is 23.7 Å². The van der Waals surface area contributed by atoms with Gasteiger partial charge in [-0.15, -0.1) is 0 Å². The van der Waals surface area contributed by atoms with E-state index in [1.165, 1.54) is 19.2 Å². The van der Waals surface area contributed by atoms with Crippen LogP contribution >= 0.6 is 23.2 Å². The third-order valence-electron chi connectivity index (χ3n) is 4.39. The van der Waals surface area contributed by atoms with E-state index >= 15 is 0 Å². The molecule has 2 N–H and O–H groups in total. The van der Waals surface area contributed by atoms with Crippen molar-refractivity contribution < 1.29 is 26.4 Å². The van der Waals surface area contributed by atoms with Crippen LogP contribution in [0, 0.1) is 6.92 Å². The Bertz CT molecular complexity index is 1080. The smallest absolute Gasteiger partial charge is 0.344 e. The van der Waals surface area contributed by atoms with Crippen LogP contribution in [0.2, 0.25) is 10.2 Å². The molecular weight excluding hydrogens is 456 g/mol. The van der Waals surface area contributed by atoms with Crippen molar-refractivity contribution in [2.45, 2.75) is 36.4 Å². The van der Waals surface area contributed by atoms with E-state index in [0.29, 0.717) is 11.4 Å².